The van der Waals surface area contributed by atoms with Gasteiger partial charge in [0.25, 0.3) is 0 Å². The Morgan fingerprint density at radius 2 is 1.68 bits per heavy atom. The number of anilines is 1. The molecule has 2 amide bonds. The fraction of sp³-hybridized carbons (Fsp3) is 0.480. The molecule has 1 heterocycles. The Hall–Kier alpha value is -2.94. The molecule has 9 heteroatoms. The van der Waals surface area contributed by atoms with Crippen molar-refractivity contribution in [1.29, 1.82) is 0 Å². The zero-order valence-electron chi connectivity index (χ0n) is 19.2. The average Bonchev–Trinajstić information content (AvgIpc) is 2.82. The molecule has 0 bridgehead atoms. The van der Waals surface area contributed by atoms with E-state index in [0.717, 1.165) is 44.2 Å². The Kier molecular flexibility index (Phi) is 9.04. The van der Waals surface area contributed by atoms with Gasteiger partial charge in [0.05, 0.1) is 17.7 Å². The van der Waals surface area contributed by atoms with Crippen LogP contribution in [0.2, 0.25) is 0 Å². The number of carbonyl (C=O) groups excluding carboxylic acids is 1. The Morgan fingerprint density at radius 3 is 2.35 bits per heavy atom. The number of nitrogens with one attached hydrogen (secondary N) is 2. The van der Waals surface area contributed by atoms with Crippen LogP contribution in [0.4, 0.5) is 23.7 Å². The standard InChI is InChI=1S/C25H31F3N2O4/c1-2-3-4-5-6-7-20(23(31)17-8-13-21-22(16-17)34-15-14-33-21)30-24(32)29-19-11-9-18(10-12-19)25(26,27)28/h8-13,16,20,23,31H,2-7,14-15H2,1H3,(H2,29,30,32). The van der Waals surface area contributed by atoms with Gasteiger partial charge in [0.1, 0.15) is 13.2 Å². The van der Waals surface area contributed by atoms with Gasteiger partial charge < -0.3 is 25.2 Å². The Bertz CT molecular complexity index is 935. The van der Waals surface area contributed by atoms with Crippen molar-refractivity contribution >= 4 is 11.7 Å². The number of fused-ring (bicyclic) bond motifs is 1. The molecule has 2 aromatic carbocycles. The molecule has 0 saturated carbocycles. The molecule has 6 nitrogen and oxygen atoms in total. The van der Waals surface area contributed by atoms with E-state index in [-0.39, 0.29) is 5.69 Å². The first-order chi connectivity index (χ1) is 16.3. The van der Waals surface area contributed by atoms with Gasteiger partial charge in [-0.25, -0.2) is 4.79 Å². The number of benzene rings is 2. The number of halogens is 3. The highest BCUT2D eigenvalue weighted by Gasteiger charge is 2.30. The second-order valence-electron chi connectivity index (χ2n) is 8.33. The van der Waals surface area contributed by atoms with Crippen LogP contribution in [0.5, 0.6) is 11.5 Å². The molecule has 186 valence electrons. The molecule has 2 aromatic rings. The topological polar surface area (TPSA) is 79.8 Å². The fourth-order valence-corrected chi connectivity index (χ4v) is 3.83. The zero-order valence-corrected chi connectivity index (χ0v) is 19.2. The number of hydrogen-bond donors (Lipinski definition) is 3. The summed E-state index contributed by atoms with van der Waals surface area (Å²) in [5, 5.41) is 16.4. The van der Waals surface area contributed by atoms with E-state index in [1.807, 2.05) is 0 Å². The summed E-state index contributed by atoms with van der Waals surface area (Å²) in [7, 11) is 0. The Balaban J connectivity index is 1.67. The molecule has 34 heavy (non-hydrogen) atoms. The number of alkyl halides is 3. The maximum Gasteiger partial charge on any atom is 0.416 e. The van der Waals surface area contributed by atoms with E-state index in [0.29, 0.717) is 36.7 Å². The van der Waals surface area contributed by atoms with Crippen LogP contribution in [0.1, 0.15) is 62.7 Å². The van der Waals surface area contributed by atoms with E-state index in [4.69, 9.17) is 9.47 Å². The third-order valence-electron chi connectivity index (χ3n) is 5.69. The minimum absolute atomic E-state index is 0.223. The molecule has 2 unspecified atom stereocenters. The highest BCUT2D eigenvalue weighted by Crippen LogP contribution is 2.34. The second-order valence-corrected chi connectivity index (χ2v) is 8.33. The number of carbonyl (C=O) groups is 1. The van der Waals surface area contributed by atoms with Crippen molar-refractivity contribution in [2.75, 3.05) is 18.5 Å². The van der Waals surface area contributed by atoms with E-state index in [1.54, 1.807) is 18.2 Å². The smallest absolute Gasteiger partial charge is 0.416 e. The summed E-state index contributed by atoms with van der Waals surface area (Å²) >= 11 is 0. The van der Waals surface area contributed by atoms with Crippen molar-refractivity contribution in [2.45, 2.75) is 63.8 Å². The van der Waals surface area contributed by atoms with E-state index >= 15 is 0 Å². The summed E-state index contributed by atoms with van der Waals surface area (Å²) < 4.78 is 49.4. The minimum atomic E-state index is -4.45. The maximum absolute atomic E-state index is 12.8. The first kappa shape index (κ1) is 25.7. The van der Waals surface area contributed by atoms with Crippen molar-refractivity contribution in [1.82, 2.24) is 5.32 Å². The quantitative estimate of drug-likeness (QED) is 0.361. The molecule has 1 aliphatic rings. The molecule has 0 fully saturated rings. The summed E-state index contributed by atoms with van der Waals surface area (Å²) in [5.74, 6) is 1.14. The van der Waals surface area contributed by atoms with Crippen molar-refractivity contribution in [3.8, 4) is 11.5 Å². The first-order valence-electron chi connectivity index (χ1n) is 11.6. The van der Waals surface area contributed by atoms with Gasteiger partial charge in [-0.05, 0) is 48.4 Å². The van der Waals surface area contributed by atoms with E-state index in [9.17, 15) is 23.1 Å². The predicted octanol–water partition coefficient (Wildman–Crippen LogP) is 6.06. The van der Waals surface area contributed by atoms with Crippen LogP contribution in [0, 0.1) is 0 Å². The molecule has 0 aliphatic carbocycles. The van der Waals surface area contributed by atoms with Crippen LogP contribution in [-0.4, -0.2) is 30.4 Å². The van der Waals surface area contributed by atoms with Crippen LogP contribution >= 0.6 is 0 Å². The predicted molar refractivity (Wildman–Crippen MR) is 123 cm³/mol. The molecule has 0 spiro atoms. The van der Waals surface area contributed by atoms with Crippen LogP contribution in [0.3, 0.4) is 0 Å². The lowest BCUT2D eigenvalue weighted by atomic mass is 9.96. The van der Waals surface area contributed by atoms with Gasteiger partial charge in [0, 0.05) is 5.69 Å². The summed E-state index contributed by atoms with van der Waals surface area (Å²) in [6.07, 6.45) is 0.181. The van der Waals surface area contributed by atoms with Gasteiger partial charge in [0.2, 0.25) is 0 Å². The van der Waals surface area contributed by atoms with Gasteiger partial charge in [-0.2, -0.15) is 13.2 Å². The first-order valence-corrected chi connectivity index (χ1v) is 11.6. The van der Waals surface area contributed by atoms with Crippen LogP contribution in [0.15, 0.2) is 42.5 Å². The maximum atomic E-state index is 12.8. The third kappa shape index (κ3) is 7.28. The molecule has 1 aliphatic heterocycles. The monoisotopic (exact) mass is 480 g/mol. The van der Waals surface area contributed by atoms with Crippen LogP contribution in [0.25, 0.3) is 0 Å². The van der Waals surface area contributed by atoms with Crippen molar-refractivity contribution < 1.29 is 32.5 Å². The van der Waals surface area contributed by atoms with Crippen LogP contribution < -0.4 is 20.1 Å². The SMILES string of the molecule is CCCCCCCC(NC(=O)Nc1ccc(C(F)(F)F)cc1)C(O)c1ccc2c(c1)OCCO2. The molecule has 3 N–H and O–H groups in total. The molecule has 0 aromatic heterocycles. The molecule has 2 atom stereocenters. The van der Waals surface area contributed by atoms with Gasteiger partial charge in [-0.3, -0.25) is 0 Å². The molecule has 0 radical (unpaired) electrons. The number of aliphatic hydroxyl groups excluding tert-OH is 1. The number of unbranched alkanes of at least 4 members (excludes halogenated alkanes) is 4. The third-order valence-corrected chi connectivity index (χ3v) is 5.69. The number of aliphatic hydroxyl groups is 1. The number of urea groups is 1. The molecule has 0 saturated heterocycles. The van der Waals surface area contributed by atoms with Gasteiger partial charge in [-0.15, -0.1) is 0 Å². The lowest BCUT2D eigenvalue weighted by molar-refractivity contribution is -0.137. The number of ether oxygens (including phenoxy) is 2. The van der Waals surface area contributed by atoms with E-state index < -0.39 is 29.9 Å². The summed E-state index contributed by atoms with van der Waals surface area (Å²) in [6.45, 7) is 3.00. The van der Waals surface area contributed by atoms with Crippen molar-refractivity contribution in [3.05, 3.63) is 53.6 Å². The van der Waals surface area contributed by atoms with Crippen molar-refractivity contribution in [3.63, 3.8) is 0 Å². The van der Waals surface area contributed by atoms with Gasteiger partial charge in [-0.1, -0.05) is 45.1 Å². The Morgan fingerprint density at radius 1 is 1.00 bits per heavy atom. The lowest BCUT2D eigenvalue weighted by Crippen LogP contribution is -2.41. The number of amides is 2. The summed E-state index contributed by atoms with van der Waals surface area (Å²) in [5.41, 5.74) is 0.0103. The minimum Gasteiger partial charge on any atom is -0.486 e. The number of hydrogen-bond acceptors (Lipinski definition) is 4. The fourth-order valence-electron chi connectivity index (χ4n) is 3.83. The number of rotatable bonds is 10. The summed E-state index contributed by atoms with van der Waals surface area (Å²) in [4.78, 5) is 12.6. The van der Waals surface area contributed by atoms with Gasteiger partial charge >= 0.3 is 12.2 Å². The molecular weight excluding hydrogens is 449 g/mol. The largest absolute Gasteiger partial charge is 0.486 e. The highest BCUT2D eigenvalue weighted by molar-refractivity contribution is 5.89. The summed E-state index contributed by atoms with van der Waals surface area (Å²) in [6, 6.07) is 8.17. The van der Waals surface area contributed by atoms with Crippen molar-refractivity contribution in [2.24, 2.45) is 0 Å². The van der Waals surface area contributed by atoms with E-state index in [1.165, 1.54) is 12.1 Å². The zero-order chi connectivity index (χ0) is 24.6. The molecular formula is C25H31F3N2O4. The van der Waals surface area contributed by atoms with Gasteiger partial charge in [0.15, 0.2) is 11.5 Å². The Labute approximate surface area is 197 Å². The van der Waals surface area contributed by atoms with Crippen LogP contribution in [-0.2, 0) is 6.18 Å². The highest BCUT2D eigenvalue weighted by atomic mass is 19.4. The second kappa shape index (κ2) is 12.0. The van der Waals surface area contributed by atoms with E-state index in [2.05, 4.69) is 17.6 Å². The average molecular weight is 481 g/mol. The molecule has 3 rings (SSSR count). The normalized spacial score (nSPS) is 14.9. The lowest BCUT2D eigenvalue weighted by Gasteiger charge is -2.26.